The van der Waals surface area contributed by atoms with E-state index in [9.17, 15) is 4.79 Å². The van der Waals surface area contributed by atoms with Gasteiger partial charge in [-0.2, -0.15) is 0 Å². The molecule has 0 aromatic heterocycles. The zero-order valence-electron chi connectivity index (χ0n) is 27.3. The maximum atomic E-state index is 11.2. The zero-order chi connectivity index (χ0) is 29.0. The first-order chi connectivity index (χ1) is 19.8. The van der Waals surface area contributed by atoms with Crippen LogP contribution in [0.15, 0.2) is 36.5 Å². The molecule has 0 aliphatic carbocycles. The Labute approximate surface area is 251 Å². The summed E-state index contributed by atoms with van der Waals surface area (Å²) in [6, 6.07) is 0. The first kappa shape index (κ1) is 38.7. The van der Waals surface area contributed by atoms with E-state index in [0.717, 1.165) is 6.42 Å². The second kappa shape index (κ2) is 35.7. The van der Waals surface area contributed by atoms with E-state index in [1.54, 1.807) is 6.08 Å². The summed E-state index contributed by atoms with van der Waals surface area (Å²) in [4.78, 5) is 11.2. The fourth-order valence-corrected chi connectivity index (χ4v) is 5.38. The van der Waals surface area contributed by atoms with Crippen molar-refractivity contribution in [2.45, 2.75) is 194 Å². The third kappa shape index (κ3) is 34.7. The number of esters is 1. The molecule has 0 rings (SSSR count). The van der Waals surface area contributed by atoms with Gasteiger partial charge in [0.05, 0.1) is 6.61 Å². The van der Waals surface area contributed by atoms with E-state index in [1.165, 1.54) is 179 Å². The second-order valence-electron chi connectivity index (χ2n) is 11.9. The average Bonchev–Trinajstić information content (AvgIpc) is 2.95. The topological polar surface area (TPSA) is 26.3 Å². The van der Waals surface area contributed by atoms with Gasteiger partial charge in [-0.1, -0.05) is 204 Å². The van der Waals surface area contributed by atoms with Crippen LogP contribution in [0.3, 0.4) is 0 Å². The highest BCUT2D eigenvalue weighted by atomic mass is 16.5. The molecule has 0 aromatic carbocycles. The number of hydrogen-bond donors (Lipinski definition) is 0. The Hall–Kier alpha value is -1.31. The first-order valence-corrected chi connectivity index (χ1v) is 18.0. The SMILES string of the molecule is CCCCCCCCCCCCCCCCCCCCCCCCCCCCCC=CC=CC=CC(=O)OCC. The van der Waals surface area contributed by atoms with E-state index in [2.05, 4.69) is 19.1 Å². The van der Waals surface area contributed by atoms with Crippen LogP contribution in [0.1, 0.15) is 194 Å². The third-order valence-corrected chi connectivity index (χ3v) is 7.96. The Balaban J connectivity index is 3.15. The van der Waals surface area contributed by atoms with Crippen LogP contribution in [0.25, 0.3) is 0 Å². The van der Waals surface area contributed by atoms with Crippen molar-refractivity contribution in [3.05, 3.63) is 36.5 Å². The molecular weight excluding hydrogens is 488 g/mol. The average molecular weight is 559 g/mol. The summed E-state index contributed by atoms with van der Waals surface area (Å²) in [6.07, 6.45) is 51.4. The highest BCUT2D eigenvalue weighted by Gasteiger charge is 1.96. The minimum absolute atomic E-state index is 0.281. The number of hydrogen-bond acceptors (Lipinski definition) is 2. The van der Waals surface area contributed by atoms with E-state index < -0.39 is 0 Å². The number of carbonyl (C=O) groups is 1. The van der Waals surface area contributed by atoms with E-state index in [1.807, 2.05) is 19.1 Å². The molecule has 0 saturated heterocycles. The molecule has 2 heteroatoms. The van der Waals surface area contributed by atoms with Crippen LogP contribution in [0.5, 0.6) is 0 Å². The van der Waals surface area contributed by atoms with Crippen molar-refractivity contribution in [2.75, 3.05) is 6.61 Å². The van der Waals surface area contributed by atoms with Crippen LogP contribution < -0.4 is 0 Å². The quantitative estimate of drug-likeness (QED) is 0.0355. The summed E-state index contributed by atoms with van der Waals surface area (Å²) in [5.41, 5.74) is 0. The fourth-order valence-electron chi connectivity index (χ4n) is 5.38. The zero-order valence-corrected chi connectivity index (χ0v) is 27.3. The highest BCUT2D eigenvalue weighted by molar-refractivity contribution is 5.82. The second-order valence-corrected chi connectivity index (χ2v) is 11.9. The van der Waals surface area contributed by atoms with Crippen molar-refractivity contribution >= 4 is 5.97 Å². The molecule has 0 aliphatic heterocycles. The minimum atomic E-state index is -0.281. The summed E-state index contributed by atoms with van der Waals surface area (Å²) in [7, 11) is 0. The summed E-state index contributed by atoms with van der Waals surface area (Å²) >= 11 is 0. The monoisotopic (exact) mass is 559 g/mol. The maximum absolute atomic E-state index is 11.2. The van der Waals surface area contributed by atoms with E-state index in [0.29, 0.717) is 6.61 Å². The number of rotatable bonds is 32. The van der Waals surface area contributed by atoms with Crippen molar-refractivity contribution in [3.63, 3.8) is 0 Å². The Kier molecular flexibility index (Phi) is 34.5. The Morgan fingerprint density at radius 3 is 1.10 bits per heavy atom. The van der Waals surface area contributed by atoms with Crippen molar-refractivity contribution in [1.82, 2.24) is 0 Å². The molecule has 0 saturated carbocycles. The molecule has 0 aromatic rings. The number of unbranched alkanes of at least 4 members (excludes halogenated alkanes) is 27. The van der Waals surface area contributed by atoms with Gasteiger partial charge in [-0.05, 0) is 19.8 Å². The molecule has 0 N–H and O–H groups in total. The molecule has 0 bridgehead atoms. The summed E-state index contributed by atoms with van der Waals surface area (Å²) in [5.74, 6) is -0.281. The van der Waals surface area contributed by atoms with Crippen molar-refractivity contribution in [3.8, 4) is 0 Å². The normalized spacial score (nSPS) is 11.9. The molecule has 0 fully saturated rings. The molecule has 0 atom stereocenters. The van der Waals surface area contributed by atoms with Crippen LogP contribution in [0.4, 0.5) is 0 Å². The summed E-state index contributed by atoms with van der Waals surface area (Å²) in [6.45, 7) is 4.54. The lowest BCUT2D eigenvalue weighted by atomic mass is 10.0. The molecule has 0 aliphatic rings. The largest absolute Gasteiger partial charge is 0.463 e. The molecule has 0 unspecified atom stereocenters. The summed E-state index contributed by atoms with van der Waals surface area (Å²) < 4.78 is 4.83. The molecule has 40 heavy (non-hydrogen) atoms. The van der Waals surface area contributed by atoms with Crippen LogP contribution in [0, 0.1) is 0 Å². The Morgan fingerprint density at radius 1 is 0.425 bits per heavy atom. The van der Waals surface area contributed by atoms with Gasteiger partial charge < -0.3 is 4.74 Å². The molecule has 0 amide bonds. The predicted molar refractivity (Wildman–Crippen MR) is 179 cm³/mol. The van der Waals surface area contributed by atoms with Crippen LogP contribution >= 0.6 is 0 Å². The standard InChI is InChI=1S/C38H70O2/c1-3-5-6-7-8-9-10-11-12-13-14-15-16-17-18-19-20-21-22-23-24-25-26-27-28-29-30-31-32-33-34-35-36-37-38(39)40-4-2/h32-37H,3-31H2,1-2H3. The van der Waals surface area contributed by atoms with Crippen LogP contribution in [-0.4, -0.2) is 12.6 Å². The smallest absolute Gasteiger partial charge is 0.330 e. The van der Waals surface area contributed by atoms with Gasteiger partial charge in [0.1, 0.15) is 0 Å². The Bertz CT molecular complexity index is 574. The third-order valence-electron chi connectivity index (χ3n) is 7.96. The van der Waals surface area contributed by atoms with Gasteiger partial charge in [0.2, 0.25) is 0 Å². The molecule has 0 heterocycles. The number of carbonyl (C=O) groups excluding carboxylic acids is 1. The van der Waals surface area contributed by atoms with Gasteiger partial charge in [-0.3, -0.25) is 0 Å². The number of allylic oxidation sites excluding steroid dienone is 5. The first-order valence-electron chi connectivity index (χ1n) is 18.0. The van der Waals surface area contributed by atoms with Crippen molar-refractivity contribution < 1.29 is 9.53 Å². The minimum Gasteiger partial charge on any atom is -0.463 e. The van der Waals surface area contributed by atoms with Crippen molar-refractivity contribution in [1.29, 1.82) is 0 Å². The van der Waals surface area contributed by atoms with Gasteiger partial charge in [0.25, 0.3) is 0 Å². The van der Waals surface area contributed by atoms with Crippen LogP contribution in [-0.2, 0) is 9.53 Å². The van der Waals surface area contributed by atoms with Crippen molar-refractivity contribution in [2.24, 2.45) is 0 Å². The predicted octanol–water partition coefficient (Wildman–Crippen LogP) is 13.2. The lowest BCUT2D eigenvalue weighted by Crippen LogP contribution is -1.98. The van der Waals surface area contributed by atoms with Gasteiger partial charge in [0, 0.05) is 6.08 Å². The Morgan fingerprint density at radius 2 is 0.750 bits per heavy atom. The van der Waals surface area contributed by atoms with Gasteiger partial charge >= 0.3 is 5.97 Å². The molecule has 234 valence electrons. The van der Waals surface area contributed by atoms with E-state index >= 15 is 0 Å². The molecular formula is C38H70O2. The lowest BCUT2D eigenvalue weighted by molar-refractivity contribution is -0.137. The van der Waals surface area contributed by atoms with Crippen LogP contribution in [0.2, 0.25) is 0 Å². The van der Waals surface area contributed by atoms with Gasteiger partial charge in [-0.15, -0.1) is 0 Å². The molecule has 0 spiro atoms. The lowest BCUT2D eigenvalue weighted by Gasteiger charge is -2.04. The molecule has 2 nitrogen and oxygen atoms in total. The van der Waals surface area contributed by atoms with Gasteiger partial charge in [0.15, 0.2) is 0 Å². The molecule has 0 radical (unpaired) electrons. The summed E-state index contributed by atoms with van der Waals surface area (Å²) in [5, 5.41) is 0. The fraction of sp³-hybridized carbons (Fsp3) is 0.816. The maximum Gasteiger partial charge on any atom is 0.330 e. The highest BCUT2D eigenvalue weighted by Crippen LogP contribution is 2.16. The van der Waals surface area contributed by atoms with Gasteiger partial charge in [-0.25, -0.2) is 4.79 Å². The van der Waals surface area contributed by atoms with E-state index in [4.69, 9.17) is 4.74 Å². The van der Waals surface area contributed by atoms with E-state index in [-0.39, 0.29) is 5.97 Å². The number of ether oxygens (including phenoxy) is 1.